The molecule has 1 aromatic carbocycles. The van der Waals surface area contributed by atoms with Gasteiger partial charge in [-0.3, -0.25) is 4.79 Å². The van der Waals surface area contributed by atoms with Crippen LogP contribution < -0.4 is 4.74 Å². The van der Waals surface area contributed by atoms with Gasteiger partial charge in [-0.25, -0.2) is 0 Å². The lowest BCUT2D eigenvalue weighted by Gasteiger charge is -2.12. The summed E-state index contributed by atoms with van der Waals surface area (Å²) >= 11 is 6.10. The predicted octanol–water partition coefficient (Wildman–Crippen LogP) is 3.62. The first-order valence-corrected chi connectivity index (χ1v) is 6.05. The van der Waals surface area contributed by atoms with E-state index < -0.39 is 5.97 Å². The van der Waals surface area contributed by atoms with Crippen LogP contribution >= 0.6 is 11.6 Å². The topological polar surface area (TPSA) is 46.5 Å². The van der Waals surface area contributed by atoms with E-state index in [4.69, 9.17) is 21.4 Å². The Balaban J connectivity index is 2.57. The van der Waals surface area contributed by atoms with Crippen molar-refractivity contribution in [2.24, 2.45) is 0 Å². The van der Waals surface area contributed by atoms with Crippen LogP contribution in [0.3, 0.4) is 0 Å². The average Bonchev–Trinajstić information content (AvgIpc) is 2.26. The van der Waals surface area contributed by atoms with Crippen molar-refractivity contribution in [3.63, 3.8) is 0 Å². The zero-order valence-corrected chi connectivity index (χ0v) is 10.8. The molecule has 0 bridgehead atoms. The Morgan fingerprint density at radius 1 is 1.35 bits per heavy atom. The van der Waals surface area contributed by atoms with Crippen LogP contribution in [0.1, 0.15) is 37.6 Å². The molecule has 0 heterocycles. The number of carboxylic acids is 1. The highest BCUT2D eigenvalue weighted by Gasteiger charge is 2.10. The average molecular weight is 257 g/mol. The number of hydrogen-bond donors (Lipinski definition) is 1. The van der Waals surface area contributed by atoms with E-state index in [1.807, 2.05) is 38.1 Å². The fourth-order valence-electron chi connectivity index (χ4n) is 1.44. The molecule has 0 fully saturated rings. The summed E-state index contributed by atoms with van der Waals surface area (Å²) in [6, 6.07) is 7.45. The summed E-state index contributed by atoms with van der Waals surface area (Å²) in [4.78, 5) is 10.4. The number of hydrogen-bond acceptors (Lipinski definition) is 2. The van der Waals surface area contributed by atoms with Crippen molar-refractivity contribution in [1.82, 2.24) is 0 Å². The maximum atomic E-state index is 10.4. The summed E-state index contributed by atoms with van der Waals surface area (Å²) in [6.45, 7) is 3.93. The third-order valence-electron chi connectivity index (χ3n) is 2.23. The standard InChI is InChI=1S/C13H17ClO3/c1-9(2)17-11-5-3-10(4-6-11)12(14)7-8-13(15)16/h3-6,9,12H,7-8H2,1-2H3,(H,15,16). The van der Waals surface area contributed by atoms with Crippen LogP contribution in [0.2, 0.25) is 0 Å². The molecule has 0 aromatic heterocycles. The molecule has 17 heavy (non-hydrogen) atoms. The van der Waals surface area contributed by atoms with Gasteiger partial charge in [0.25, 0.3) is 0 Å². The highest BCUT2D eigenvalue weighted by atomic mass is 35.5. The normalized spacial score (nSPS) is 12.5. The highest BCUT2D eigenvalue weighted by Crippen LogP contribution is 2.27. The van der Waals surface area contributed by atoms with Crippen LogP contribution in [-0.4, -0.2) is 17.2 Å². The maximum Gasteiger partial charge on any atom is 0.303 e. The van der Waals surface area contributed by atoms with Crippen LogP contribution in [0.5, 0.6) is 5.75 Å². The van der Waals surface area contributed by atoms with Gasteiger partial charge in [-0.1, -0.05) is 12.1 Å². The molecular formula is C13H17ClO3. The lowest BCUT2D eigenvalue weighted by molar-refractivity contribution is -0.137. The highest BCUT2D eigenvalue weighted by molar-refractivity contribution is 6.20. The van der Waals surface area contributed by atoms with E-state index in [9.17, 15) is 4.79 Å². The van der Waals surface area contributed by atoms with Crippen LogP contribution in [0, 0.1) is 0 Å². The van der Waals surface area contributed by atoms with E-state index >= 15 is 0 Å². The van der Waals surface area contributed by atoms with Crippen molar-refractivity contribution in [2.45, 2.75) is 38.2 Å². The molecule has 0 spiro atoms. The lowest BCUT2D eigenvalue weighted by atomic mass is 10.1. The molecule has 0 aliphatic heterocycles. The first kappa shape index (κ1) is 13.8. The van der Waals surface area contributed by atoms with Crippen molar-refractivity contribution in [2.75, 3.05) is 0 Å². The van der Waals surface area contributed by atoms with Crippen LogP contribution in [0.15, 0.2) is 24.3 Å². The number of carbonyl (C=O) groups is 1. The smallest absolute Gasteiger partial charge is 0.303 e. The monoisotopic (exact) mass is 256 g/mol. The van der Waals surface area contributed by atoms with Crippen molar-refractivity contribution in [1.29, 1.82) is 0 Å². The van der Waals surface area contributed by atoms with E-state index in [-0.39, 0.29) is 17.9 Å². The summed E-state index contributed by atoms with van der Waals surface area (Å²) in [5.41, 5.74) is 0.920. The van der Waals surface area contributed by atoms with Gasteiger partial charge in [-0.15, -0.1) is 11.6 Å². The third kappa shape index (κ3) is 5.09. The maximum absolute atomic E-state index is 10.4. The van der Waals surface area contributed by atoms with Gasteiger partial charge in [0.1, 0.15) is 5.75 Å². The predicted molar refractivity (Wildman–Crippen MR) is 67.7 cm³/mol. The van der Waals surface area contributed by atoms with Gasteiger partial charge in [-0.05, 0) is 38.0 Å². The minimum atomic E-state index is -0.824. The van der Waals surface area contributed by atoms with Gasteiger partial charge in [-0.2, -0.15) is 0 Å². The van der Waals surface area contributed by atoms with Crippen LogP contribution in [-0.2, 0) is 4.79 Å². The Kier molecular flexibility index (Phi) is 5.29. The van der Waals surface area contributed by atoms with E-state index in [2.05, 4.69) is 0 Å². The van der Waals surface area contributed by atoms with Crippen molar-refractivity contribution < 1.29 is 14.6 Å². The Bertz CT molecular complexity index is 359. The fraction of sp³-hybridized carbons (Fsp3) is 0.462. The minimum Gasteiger partial charge on any atom is -0.491 e. The Labute approximate surface area is 106 Å². The molecule has 1 N–H and O–H groups in total. The molecule has 4 heteroatoms. The molecule has 94 valence electrons. The molecule has 3 nitrogen and oxygen atoms in total. The Hall–Kier alpha value is -1.22. The molecule has 0 aliphatic rings. The zero-order chi connectivity index (χ0) is 12.8. The third-order valence-corrected chi connectivity index (χ3v) is 2.70. The van der Waals surface area contributed by atoms with Gasteiger partial charge in [0.2, 0.25) is 0 Å². The van der Waals surface area contributed by atoms with E-state index in [0.717, 1.165) is 11.3 Å². The largest absolute Gasteiger partial charge is 0.491 e. The van der Waals surface area contributed by atoms with E-state index in [1.165, 1.54) is 0 Å². The van der Waals surface area contributed by atoms with Crippen molar-refractivity contribution in [3.05, 3.63) is 29.8 Å². The molecule has 1 unspecified atom stereocenters. The SMILES string of the molecule is CC(C)Oc1ccc(C(Cl)CCC(=O)O)cc1. The van der Waals surface area contributed by atoms with E-state index in [0.29, 0.717) is 6.42 Å². The first-order chi connectivity index (χ1) is 7.99. The lowest BCUT2D eigenvalue weighted by Crippen LogP contribution is -2.05. The minimum absolute atomic E-state index is 0.0818. The second kappa shape index (κ2) is 6.50. The van der Waals surface area contributed by atoms with Crippen molar-refractivity contribution >= 4 is 17.6 Å². The summed E-state index contributed by atoms with van der Waals surface area (Å²) in [7, 11) is 0. The Morgan fingerprint density at radius 3 is 2.41 bits per heavy atom. The fourth-order valence-corrected chi connectivity index (χ4v) is 1.70. The molecule has 1 aromatic rings. The molecule has 0 saturated carbocycles. The molecular weight excluding hydrogens is 240 g/mol. The second-order valence-corrected chi connectivity index (χ2v) is 4.66. The quantitative estimate of drug-likeness (QED) is 0.791. The van der Waals surface area contributed by atoms with Gasteiger partial charge in [0, 0.05) is 6.42 Å². The summed E-state index contributed by atoms with van der Waals surface area (Å²) in [5, 5.41) is 8.31. The van der Waals surface area contributed by atoms with Crippen LogP contribution in [0.4, 0.5) is 0 Å². The molecule has 0 radical (unpaired) electrons. The number of carboxylic acid groups (broad SMARTS) is 1. The molecule has 1 rings (SSSR count). The Morgan fingerprint density at radius 2 is 1.94 bits per heavy atom. The number of benzene rings is 1. The van der Waals surface area contributed by atoms with Crippen molar-refractivity contribution in [3.8, 4) is 5.75 Å². The summed E-state index contributed by atoms with van der Waals surface area (Å²) in [5.74, 6) is -0.0266. The van der Waals surface area contributed by atoms with Gasteiger partial charge in [0.15, 0.2) is 0 Å². The number of halogens is 1. The summed E-state index contributed by atoms with van der Waals surface area (Å²) < 4.78 is 5.51. The number of aliphatic carboxylic acids is 1. The first-order valence-electron chi connectivity index (χ1n) is 5.61. The molecule has 0 saturated heterocycles. The number of ether oxygens (including phenoxy) is 1. The molecule has 0 amide bonds. The van der Waals surface area contributed by atoms with Gasteiger partial charge >= 0.3 is 5.97 Å². The number of rotatable bonds is 6. The van der Waals surface area contributed by atoms with Gasteiger partial charge < -0.3 is 9.84 Å². The van der Waals surface area contributed by atoms with Crippen LogP contribution in [0.25, 0.3) is 0 Å². The molecule has 1 atom stereocenters. The number of alkyl halides is 1. The van der Waals surface area contributed by atoms with E-state index in [1.54, 1.807) is 0 Å². The second-order valence-electron chi connectivity index (χ2n) is 4.14. The zero-order valence-electron chi connectivity index (χ0n) is 10.0. The van der Waals surface area contributed by atoms with Gasteiger partial charge in [0.05, 0.1) is 11.5 Å². The molecule has 0 aliphatic carbocycles. The summed E-state index contributed by atoms with van der Waals surface area (Å²) in [6.07, 6.45) is 0.652.